The van der Waals surface area contributed by atoms with Gasteiger partial charge in [-0.05, 0) is 108 Å². The smallest absolute Gasteiger partial charge is 0.311 e. The predicted molar refractivity (Wildman–Crippen MR) is 216 cm³/mol. The van der Waals surface area contributed by atoms with E-state index in [1.807, 2.05) is 107 Å². The van der Waals surface area contributed by atoms with Crippen molar-refractivity contribution in [2.24, 2.45) is 31.3 Å². The van der Waals surface area contributed by atoms with Crippen molar-refractivity contribution in [2.45, 2.75) is 119 Å². The van der Waals surface area contributed by atoms with Crippen LogP contribution in [0, 0.1) is 10.8 Å². The summed E-state index contributed by atoms with van der Waals surface area (Å²) in [6.07, 6.45) is 13.3. The fraction of sp³-hybridized carbons (Fsp3) is 0.545. The second kappa shape index (κ2) is 23.3. The summed E-state index contributed by atoms with van der Waals surface area (Å²) >= 11 is 0. The second-order valence-electron chi connectivity index (χ2n) is 14.8. The van der Waals surface area contributed by atoms with Crippen LogP contribution in [0.3, 0.4) is 0 Å². The van der Waals surface area contributed by atoms with Crippen molar-refractivity contribution in [1.29, 1.82) is 0 Å². The number of hydrogen-bond donors (Lipinski definition) is 0. The zero-order chi connectivity index (χ0) is 38.4. The summed E-state index contributed by atoms with van der Waals surface area (Å²) < 4.78 is 11.5. The summed E-state index contributed by atoms with van der Waals surface area (Å²) in [6, 6.07) is 24.8. The lowest BCUT2D eigenvalue weighted by atomic mass is 9.72. The molecular weight excluding hydrogens is 663 g/mol. The molecule has 53 heavy (non-hydrogen) atoms. The van der Waals surface area contributed by atoms with Crippen LogP contribution in [0.2, 0.25) is 0 Å². The molecule has 0 N–H and O–H groups in total. The van der Waals surface area contributed by atoms with Crippen LogP contribution < -0.4 is 4.90 Å². The number of carbonyl (C=O) groups excluding carboxylic acids is 2. The van der Waals surface area contributed by atoms with Gasteiger partial charge < -0.3 is 14.4 Å². The Morgan fingerprint density at radius 2 is 1.02 bits per heavy atom. The van der Waals surface area contributed by atoms with Gasteiger partial charge in [0.25, 0.3) is 0 Å². The van der Waals surface area contributed by atoms with E-state index in [0.29, 0.717) is 31.7 Å². The first-order valence-electron chi connectivity index (χ1n) is 19.8. The zero-order valence-electron chi connectivity index (χ0n) is 33.2. The molecule has 9 nitrogen and oxygen atoms in total. The van der Waals surface area contributed by atoms with Gasteiger partial charge in [0.2, 0.25) is 0 Å². The molecule has 3 aromatic rings. The average molecular weight is 726 g/mol. The molecule has 3 aromatic carbocycles. The van der Waals surface area contributed by atoms with Crippen molar-refractivity contribution in [3.8, 4) is 0 Å². The number of anilines is 1. The average Bonchev–Trinajstić information content (AvgIpc) is 3.17. The third-order valence-corrected chi connectivity index (χ3v) is 9.75. The third kappa shape index (κ3) is 15.6. The minimum Gasteiger partial charge on any atom is -0.465 e. The summed E-state index contributed by atoms with van der Waals surface area (Å²) in [6.45, 7) is 13.9. The van der Waals surface area contributed by atoms with Gasteiger partial charge in [0.1, 0.15) is 6.61 Å². The second-order valence-corrected chi connectivity index (χ2v) is 14.8. The molecule has 3 rings (SSSR count). The quantitative estimate of drug-likeness (QED) is 0.0491. The standard InChI is InChI=1S/C44H63N5O4/c1-7-10-11-12-13-14-15-16-17-21-33-52-42(51)44(6,8-2)35-43(4,5)41(50)53-34-32-49(9-3)40-30-28-39(29-31-40)48-47-38-26-24-37(25-27-38)46-45-36-22-19-18-20-23-36/h18-20,22-31H,7-17,21,32-35H2,1-6H3. The maximum atomic E-state index is 13.3. The summed E-state index contributed by atoms with van der Waals surface area (Å²) in [4.78, 5) is 28.6. The van der Waals surface area contributed by atoms with Crippen LogP contribution in [0.25, 0.3) is 0 Å². The maximum absolute atomic E-state index is 13.3. The Kier molecular flexibility index (Phi) is 18.9. The number of benzene rings is 3. The van der Waals surface area contributed by atoms with Crippen LogP contribution in [0.1, 0.15) is 119 Å². The summed E-state index contributed by atoms with van der Waals surface area (Å²) in [5.41, 5.74) is 2.38. The van der Waals surface area contributed by atoms with E-state index < -0.39 is 10.8 Å². The zero-order valence-corrected chi connectivity index (χ0v) is 33.2. The molecule has 0 aromatic heterocycles. The Hall–Kier alpha value is -4.40. The molecule has 0 aliphatic carbocycles. The summed E-state index contributed by atoms with van der Waals surface area (Å²) in [5.74, 6) is -0.532. The normalized spacial score (nSPS) is 12.9. The van der Waals surface area contributed by atoms with Crippen molar-refractivity contribution in [3.05, 3.63) is 78.9 Å². The number of hydrogen-bond acceptors (Lipinski definition) is 9. The van der Waals surface area contributed by atoms with E-state index in [4.69, 9.17) is 9.47 Å². The number of unbranched alkanes of at least 4 members (excludes halogenated alkanes) is 9. The van der Waals surface area contributed by atoms with Gasteiger partial charge in [0, 0.05) is 12.2 Å². The molecule has 0 amide bonds. The molecule has 0 aliphatic rings. The third-order valence-electron chi connectivity index (χ3n) is 9.75. The monoisotopic (exact) mass is 725 g/mol. The molecular formula is C44H63N5O4. The van der Waals surface area contributed by atoms with Crippen LogP contribution in [-0.2, 0) is 19.1 Å². The van der Waals surface area contributed by atoms with Gasteiger partial charge in [-0.1, -0.05) is 89.8 Å². The fourth-order valence-electron chi connectivity index (χ4n) is 6.27. The van der Waals surface area contributed by atoms with E-state index in [-0.39, 0.29) is 18.5 Å². The van der Waals surface area contributed by atoms with E-state index >= 15 is 0 Å². The lowest BCUT2D eigenvalue weighted by molar-refractivity contribution is -0.163. The molecule has 0 radical (unpaired) electrons. The summed E-state index contributed by atoms with van der Waals surface area (Å²) in [7, 11) is 0. The Bertz CT molecular complexity index is 1540. The van der Waals surface area contributed by atoms with Crippen LogP contribution in [-0.4, -0.2) is 38.2 Å². The Morgan fingerprint density at radius 3 is 1.51 bits per heavy atom. The first-order chi connectivity index (χ1) is 25.6. The highest BCUT2D eigenvalue weighted by Gasteiger charge is 2.43. The van der Waals surface area contributed by atoms with Gasteiger partial charge in [-0.15, -0.1) is 0 Å². The number of likely N-dealkylation sites (N-methyl/N-ethyl adjacent to an activating group) is 1. The number of rotatable bonds is 25. The van der Waals surface area contributed by atoms with Crippen molar-refractivity contribution in [2.75, 3.05) is 31.2 Å². The predicted octanol–water partition coefficient (Wildman–Crippen LogP) is 13.2. The highest BCUT2D eigenvalue weighted by Crippen LogP contribution is 2.38. The maximum Gasteiger partial charge on any atom is 0.311 e. The number of azo groups is 2. The van der Waals surface area contributed by atoms with E-state index in [1.165, 1.54) is 51.4 Å². The van der Waals surface area contributed by atoms with Gasteiger partial charge in [0.15, 0.2) is 0 Å². The van der Waals surface area contributed by atoms with Gasteiger partial charge in [-0.3, -0.25) is 9.59 Å². The van der Waals surface area contributed by atoms with Gasteiger partial charge in [-0.2, -0.15) is 20.5 Å². The van der Waals surface area contributed by atoms with E-state index in [9.17, 15) is 9.59 Å². The van der Waals surface area contributed by atoms with Crippen molar-refractivity contribution < 1.29 is 19.1 Å². The molecule has 0 aliphatic heterocycles. The molecule has 0 saturated heterocycles. The minimum atomic E-state index is -0.836. The topological polar surface area (TPSA) is 105 Å². The molecule has 288 valence electrons. The molecule has 0 fully saturated rings. The van der Waals surface area contributed by atoms with Crippen LogP contribution in [0.15, 0.2) is 99.3 Å². The molecule has 0 spiro atoms. The highest BCUT2D eigenvalue weighted by atomic mass is 16.5. The number of esters is 2. The molecule has 1 atom stereocenters. The largest absolute Gasteiger partial charge is 0.465 e. The number of carbonyl (C=O) groups is 2. The Morgan fingerprint density at radius 1 is 0.566 bits per heavy atom. The SMILES string of the molecule is CCCCCCCCCCCCOC(=O)C(C)(CC)CC(C)(C)C(=O)OCCN(CC)c1ccc(N=Nc2ccc(N=Nc3ccccc3)cc2)cc1. The van der Waals surface area contributed by atoms with Crippen LogP contribution in [0.5, 0.6) is 0 Å². The van der Waals surface area contributed by atoms with Gasteiger partial charge >= 0.3 is 11.9 Å². The number of nitrogens with zero attached hydrogens (tertiary/aromatic N) is 5. The minimum absolute atomic E-state index is 0.225. The molecule has 0 saturated carbocycles. The van der Waals surface area contributed by atoms with Gasteiger partial charge in [-0.25, -0.2) is 0 Å². The lowest BCUT2D eigenvalue weighted by Gasteiger charge is -2.34. The Labute approximate surface area is 318 Å². The van der Waals surface area contributed by atoms with Crippen LogP contribution >= 0.6 is 0 Å². The first kappa shape index (κ1) is 43.0. The molecule has 1 unspecified atom stereocenters. The van der Waals surface area contributed by atoms with Crippen molar-refractivity contribution in [3.63, 3.8) is 0 Å². The molecule has 0 heterocycles. The summed E-state index contributed by atoms with van der Waals surface area (Å²) in [5, 5.41) is 17.2. The van der Waals surface area contributed by atoms with Gasteiger partial charge in [0.05, 0.1) is 46.7 Å². The van der Waals surface area contributed by atoms with Crippen LogP contribution in [0.4, 0.5) is 28.4 Å². The van der Waals surface area contributed by atoms with E-state index in [2.05, 4.69) is 39.2 Å². The Balaban J connectivity index is 1.40. The molecule has 9 heteroatoms. The van der Waals surface area contributed by atoms with Crippen molar-refractivity contribution >= 4 is 40.4 Å². The molecule has 0 bridgehead atoms. The first-order valence-corrected chi connectivity index (χ1v) is 19.8. The number of ether oxygens (including phenoxy) is 2. The highest BCUT2D eigenvalue weighted by molar-refractivity contribution is 5.80. The fourth-order valence-corrected chi connectivity index (χ4v) is 6.27. The van der Waals surface area contributed by atoms with Crippen molar-refractivity contribution in [1.82, 2.24) is 0 Å². The van der Waals surface area contributed by atoms with E-state index in [1.54, 1.807) is 0 Å². The lowest BCUT2D eigenvalue weighted by Crippen LogP contribution is -2.39. The van der Waals surface area contributed by atoms with E-state index in [0.717, 1.165) is 42.1 Å².